The Hall–Kier alpha value is -2.41. The van der Waals surface area contributed by atoms with E-state index in [4.69, 9.17) is 4.74 Å². The summed E-state index contributed by atoms with van der Waals surface area (Å²) in [5.74, 6) is 0.694. The maximum absolute atomic E-state index is 12.6. The Morgan fingerprint density at radius 2 is 1.89 bits per heavy atom. The molecule has 1 aromatic carbocycles. The maximum Gasteiger partial charge on any atom is 0.273 e. The quantitative estimate of drug-likeness (QED) is 0.843. The zero-order chi connectivity index (χ0) is 19.4. The van der Waals surface area contributed by atoms with Gasteiger partial charge in [-0.15, -0.1) is 5.10 Å². The van der Waals surface area contributed by atoms with E-state index >= 15 is 0 Å². The Balaban J connectivity index is 1.60. The first-order valence-electron chi connectivity index (χ1n) is 9.48. The minimum atomic E-state index is -0.123. The van der Waals surface area contributed by atoms with Crippen LogP contribution in [0, 0.1) is 6.92 Å². The molecule has 1 aromatic heterocycles. The number of amides is 1. The molecule has 7 heteroatoms. The Kier molecular flexibility index (Phi) is 6.11. The minimum Gasteiger partial charge on any atom is -0.497 e. The number of aromatic nitrogens is 3. The molecule has 1 saturated carbocycles. The predicted octanol–water partition coefficient (Wildman–Crippen LogP) is 2.25. The fourth-order valence-electron chi connectivity index (χ4n) is 3.61. The largest absolute Gasteiger partial charge is 0.497 e. The first-order chi connectivity index (χ1) is 13.0. The molecule has 0 unspecified atom stereocenters. The van der Waals surface area contributed by atoms with Gasteiger partial charge in [-0.2, -0.15) is 0 Å². The number of methoxy groups -OCH3 is 1. The van der Waals surface area contributed by atoms with Crippen molar-refractivity contribution < 1.29 is 9.53 Å². The molecule has 146 valence electrons. The van der Waals surface area contributed by atoms with Crippen molar-refractivity contribution in [2.24, 2.45) is 0 Å². The third kappa shape index (κ3) is 4.66. The zero-order valence-corrected chi connectivity index (χ0v) is 16.6. The van der Waals surface area contributed by atoms with Crippen LogP contribution in [0.2, 0.25) is 0 Å². The number of carbonyl (C=O) groups excluding carboxylic acids is 1. The van der Waals surface area contributed by atoms with Gasteiger partial charge in [0.2, 0.25) is 0 Å². The molecule has 1 N–H and O–H groups in total. The third-order valence-corrected chi connectivity index (χ3v) is 5.45. The van der Waals surface area contributed by atoms with Gasteiger partial charge in [-0.1, -0.05) is 17.3 Å². The van der Waals surface area contributed by atoms with Gasteiger partial charge in [0.1, 0.15) is 5.75 Å². The van der Waals surface area contributed by atoms with Crippen LogP contribution in [-0.4, -0.2) is 59.1 Å². The standard InChI is InChI=1S/C20H29N5O2/c1-14-19(20(26)21-16-7-9-17(10-8-16)24(2)3)22-23-25(14)13-15-5-11-18(27-4)12-6-15/h5-6,11-12,16-17H,7-10,13H2,1-4H3,(H,21,26). The van der Waals surface area contributed by atoms with Crippen molar-refractivity contribution in [2.45, 2.75) is 51.2 Å². The Morgan fingerprint density at radius 3 is 2.48 bits per heavy atom. The SMILES string of the molecule is COc1ccc(Cn2nnc(C(=O)NC3CCC(N(C)C)CC3)c2C)cc1. The monoisotopic (exact) mass is 371 g/mol. The summed E-state index contributed by atoms with van der Waals surface area (Å²) in [5.41, 5.74) is 2.28. The normalized spacial score (nSPS) is 19.9. The van der Waals surface area contributed by atoms with Crippen LogP contribution >= 0.6 is 0 Å². The lowest BCUT2D eigenvalue weighted by Crippen LogP contribution is -2.42. The predicted molar refractivity (Wildman–Crippen MR) is 104 cm³/mol. The number of hydrogen-bond donors (Lipinski definition) is 1. The zero-order valence-electron chi connectivity index (χ0n) is 16.6. The van der Waals surface area contributed by atoms with Crippen LogP contribution in [0.15, 0.2) is 24.3 Å². The smallest absolute Gasteiger partial charge is 0.273 e. The van der Waals surface area contributed by atoms with Crippen LogP contribution in [0.4, 0.5) is 0 Å². The molecule has 0 saturated heterocycles. The average Bonchev–Trinajstić information content (AvgIpc) is 3.03. The Labute approximate surface area is 160 Å². The van der Waals surface area contributed by atoms with Gasteiger partial charge in [-0.25, -0.2) is 4.68 Å². The second-order valence-electron chi connectivity index (χ2n) is 7.47. The molecule has 7 nitrogen and oxygen atoms in total. The van der Waals surface area contributed by atoms with Gasteiger partial charge in [0.25, 0.3) is 5.91 Å². The topological polar surface area (TPSA) is 72.3 Å². The number of rotatable bonds is 6. The molecule has 1 fully saturated rings. The Bertz CT molecular complexity index is 761. The van der Waals surface area contributed by atoms with Crippen LogP contribution in [0.5, 0.6) is 5.75 Å². The van der Waals surface area contributed by atoms with E-state index in [1.807, 2.05) is 31.2 Å². The summed E-state index contributed by atoms with van der Waals surface area (Å²) in [7, 11) is 5.89. The summed E-state index contributed by atoms with van der Waals surface area (Å²) in [4.78, 5) is 14.9. The van der Waals surface area contributed by atoms with E-state index in [2.05, 4.69) is 34.6 Å². The summed E-state index contributed by atoms with van der Waals surface area (Å²) >= 11 is 0. The minimum absolute atomic E-state index is 0.123. The molecule has 0 spiro atoms. The van der Waals surface area contributed by atoms with Gasteiger partial charge in [-0.05, 0) is 64.4 Å². The Morgan fingerprint density at radius 1 is 1.22 bits per heavy atom. The van der Waals surface area contributed by atoms with E-state index in [0.717, 1.165) is 42.7 Å². The van der Waals surface area contributed by atoms with Crippen LogP contribution < -0.4 is 10.1 Å². The van der Waals surface area contributed by atoms with Gasteiger partial charge in [0.05, 0.1) is 19.3 Å². The lowest BCUT2D eigenvalue weighted by Gasteiger charge is -2.32. The second-order valence-corrected chi connectivity index (χ2v) is 7.47. The van der Waals surface area contributed by atoms with Gasteiger partial charge in [0.15, 0.2) is 5.69 Å². The fraction of sp³-hybridized carbons (Fsp3) is 0.550. The van der Waals surface area contributed by atoms with E-state index in [-0.39, 0.29) is 11.9 Å². The molecule has 2 aromatic rings. The van der Waals surface area contributed by atoms with Crippen molar-refractivity contribution in [1.29, 1.82) is 0 Å². The summed E-state index contributed by atoms with van der Waals surface area (Å²) in [5, 5.41) is 11.4. The van der Waals surface area contributed by atoms with Crippen molar-refractivity contribution in [3.05, 3.63) is 41.2 Å². The second kappa shape index (κ2) is 8.52. The van der Waals surface area contributed by atoms with Gasteiger partial charge >= 0.3 is 0 Å². The molecule has 0 atom stereocenters. The number of nitrogens with zero attached hydrogens (tertiary/aromatic N) is 4. The number of hydrogen-bond acceptors (Lipinski definition) is 5. The van der Waals surface area contributed by atoms with Crippen molar-refractivity contribution in [1.82, 2.24) is 25.2 Å². The van der Waals surface area contributed by atoms with Crippen molar-refractivity contribution >= 4 is 5.91 Å². The molecule has 1 heterocycles. The molecule has 1 aliphatic carbocycles. The van der Waals surface area contributed by atoms with Crippen LogP contribution in [0.1, 0.15) is 47.4 Å². The molecule has 0 bridgehead atoms. The van der Waals surface area contributed by atoms with Crippen molar-refractivity contribution in [2.75, 3.05) is 21.2 Å². The van der Waals surface area contributed by atoms with E-state index < -0.39 is 0 Å². The van der Waals surface area contributed by atoms with Crippen LogP contribution in [0.25, 0.3) is 0 Å². The number of carbonyl (C=O) groups is 1. The van der Waals surface area contributed by atoms with Crippen LogP contribution in [0.3, 0.4) is 0 Å². The number of nitrogens with one attached hydrogen (secondary N) is 1. The molecule has 0 aliphatic heterocycles. The van der Waals surface area contributed by atoms with E-state index in [9.17, 15) is 4.79 Å². The fourth-order valence-corrected chi connectivity index (χ4v) is 3.61. The highest BCUT2D eigenvalue weighted by Gasteiger charge is 2.25. The summed E-state index contributed by atoms with van der Waals surface area (Å²) in [6.45, 7) is 2.46. The maximum atomic E-state index is 12.6. The average molecular weight is 371 g/mol. The highest BCUT2D eigenvalue weighted by atomic mass is 16.5. The highest BCUT2D eigenvalue weighted by Crippen LogP contribution is 2.22. The van der Waals surface area contributed by atoms with Crippen LogP contribution in [-0.2, 0) is 6.54 Å². The molecule has 27 heavy (non-hydrogen) atoms. The lowest BCUT2D eigenvalue weighted by atomic mass is 9.90. The molecular formula is C20H29N5O2. The van der Waals surface area contributed by atoms with E-state index in [1.165, 1.54) is 0 Å². The summed E-state index contributed by atoms with van der Waals surface area (Å²) < 4.78 is 6.94. The van der Waals surface area contributed by atoms with E-state index in [1.54, 1.807) is 11.8 Å². The van der Waals surface area contributed by atoms with Crippen molar-refractivity contribution in [3.63, 3.8) is 0 Å². The number of benzene rings is 1. The molecule has 3 rings (SSSR count). The first kappa shape index (κ1) is 19.4. The third-order valence-electron chi connectivity index (χ3n) is 5.45. The lowest BCUT2D eigenvalue weighted by molar-refractivity contribution is 0.0910. The molecule has 0 radical (unpaired) electrons. The molecule has 1 amide bonds. The van der Waals surface area contributed by atoms with Gasteiger partial charge in [-0.3, -0.25) is 4.79 Å². The highest BCUT2D eigenvalue weighted by molar-refractivity contribution is 5.93. The van der Waals surface area contributed by atoms with E-state index in [0.29, 0.717) is 18.3 Å². The van der Waals surface area contributed by atoms with Crippen molar-refractivity contribution in [3.8, 4) is 5.75 Å². The van der Waals surface area contributed by atoms with Gasteiger partial charge in [0, 0.05) is 12.1 Å². The molecule has 1 aliphatic rings. The summed E-state index contributed by atoms with van der Waals surface area (Å²) in [6, 6.07) is 8.65. The first-order valence-corrected chi connectivity index (χ1v) is 9.48. The van der Waals surface area contributed by atoms with Gasteiger partial charge < -0.3 is 15.0 Å². The summed E-state index contributed by atoms with van der Waals surface area (Å²) in [6.07, 6.45) is 4.24. The number of ether oxygens (including phenoxy) is 1. The molecular weight excluding hydrogens is 342 g/mol.